The van der Waals surface area contributed by atoms with E-state index in [9.17, 15) is 4.79 Å². The van der Waals surface area contributed by atoms with Crippen molar-refractivity contribution >= 4 is 11.6 Å². The molecule has 1 fully saturated rings. The molecule has 0 aromatic heterocycles. The number of rotatable bonds is 2. The quantitative estimate of drug-likeness (QED) is 0.798. The van der Waals surface area contributed by atoms with Gasteiger partial charge < -0.3 is 10.6 Å². The van der Waals surface area contributed by atoms with Crippen LogP contribution in [0.4, 0.5) is 5.69 Å². The van der Waals surface area contributed by atoms with Gasteiger partial charge in [-0.3, -0.25) is 4.79 Å². The molecule has 3 heteroatoms. The first-order valence-corrected chi connectivity index (χ1v) is 5.87. The summed E-state index contributed by atoms with van der Waals surface area (Å²) in [6, 6.07) is 7.99. The Morgan fingerprint density at radius 1 is 1.31 bits per heavy atom. The summed E-state index contributed by atoms with van der Waals surface area (Å²) in [6.45, 7) is 2.86. The molecule has 0 saturated carbocycles. The Balaban J connectivity index is 2.08. The minimum Gasteiger partial charge on any atom is -0.373 e. The highest BCUT2D eigenvalue weighted by Crippen LogP contribution is 2.17. The Morgan fingerprint density at radius 2 is 2.12 bits per heavy atom. The summed E-state index contributed by atoms with van der Waals surface area (Å²) in [5.41, 5.74) is 2.24. The first-order valence-electron chi connectivity index (χ1n) is 5.87. The Labute approximate surface area is 96.2 Å². The minimum atomic E-state index is -0.0800. The van der Waals surface area contributed by atoms with E-state index in [1.807, 2.05) is 18.2 Å². The van der Waals surface area contributed by atoms with Gasteiger partial charge in [0.25, 0.3) is 0 Å². The molecule has 1 aromatic carbocycles. The SMILES string of the molecule is Cc1ccccc1NC1CCCCNC1=O. The lowest BCUT2D eigenvalue weighted by atomic mass is 10.1. The van der Waals surface area contributed by atoms with E-state index in [0.29, 0.717) is 0 Å². The molecule has 0 radical (unpaired) electrons. The van der Waals surface area contributed by atoms with Crippen molar-refractivity contribution in [3.8, 4) is 0 Å². The fraction of sp³-hybridized carbons (Fsp3) is 0.462. The maximum absolute atomic E-state index is 11.8. The van der Waals surface area contributed by atoms with Crippen molar-refractivity contribution in [1.29, 1.82) is 0 Å². The van der Waals surface area contributed by atoms with Crippen molar-refractivity contribution < 1.29 is 4.79 Å². The van der Waals surface area contributed by atoms with Crippen molar-refractivity contribution in [2.45, 2.75) is 32.2 Å². The second-order valence-electron chi connectivity index (χ2n) is 4.30. The van der Waals surface area contributed by atoms with Gasteiger partial charge in [0.2, 0.25) is 5.91 Å². The van der Waals surface area contributed by atoms with Crippen LogP contribution < -0.4 is 10.6 Å². The normalized spacial score (nSPS) is 21.1. The molecule has 3 nitrogen and oxygen atoms in total. The van der Waals surface area contributed by atoms with E-state index in [1.165, 1.54) is 5.56 Å². The molecular formula is C13H18N2O. The average molecular weight is 218 g/mol. The molecule has 1 amide bonds. The van der Waals surface area contributed by atoms with E-state index in [4.69, 9.17) is 0 Å². The first kappa shape index (κ1) is 11.0. The lowest BCUT2D eigenvalue weighted by Crippen LogP contribution is -2.38. The number of carbonyl (C=O) groups is 1. The highest BCUT2D eigenvalue weighted by atomic mass is 16.2. The third-order valence-electron chi connectivity index (χ3n) is 3.01. The van der Waals surface area contributed by atoms with Gasteiger partial charge in [0.05, 0.1) is 0 Å². The highest BCUT2D eigenvalue weighted by molar-refractivity contribution is 5.85. The van der Waals surface area contributed by atoms with Gasteiger partial charge in [-0.05, 0) is 37.8 Å². The van der Waals surface area contributed by atoms with Crippen LogP contribution in [-0.2, 0) is 4.79 Å². The maximum Gasteiger partial charge on any atom is 0.242 e. The molecule has 1 unspecified atom stereocenters. The lowest BCUT2D eigenvalue weighted by Gasteiger charge is -2.17. The van der Waals surface area contributed by atoms with Crippen molar-refractivity contribution in [2.75, 3.05) is 11.9 Å². The van der Waals surface area contributed by atoms with Gasteiger partial charge in [0.1, 0.15) is 6.04 Å². The van der Waals surface area contributed by atoms with Crippen LogP contribution >= 0.6 is 0 Å². The van der Waals surface area contributed by atoms with Gasteiger partial charge in [0.15, 0.2) is 0 Å². The number of carbonyl (C=O) groups excluding carboxylic acids is 1. The van der Waals surface area contributed by atoms with Crippen LogP contribution in [0.25, 0.3) is 0 Å². The molecule has 1 aliphatic rings. The topological polar surface area (TPSA) is 41.1 Å². The standard InChI is InChI=1S/C13H18N2O/c1-10-6-2-3-7-11(10)15-12-8-4-5-9-14-13(12)16/h2-3,6-7,12,15H,4-5,8-9H2,1H3,(H,14,16). The van der Waals surface area contributed by atoms with Gasteiger partial charge >= 0.3 is 0 Å². The summed E-state index contributed by atoms with van der Waals surface area (Å²) in [5.74, 6) is 0.126. The molecule has 86 valence electrons. The van der Waals surface area contributed by atoms with Gasteiger partial charge in [0, 0.05) is 12.2 Å². The largest absolute Gasteiger partial charge is 0.373 e. The van der Waals surface area contributed by atoms with Crippen LogP contribution in [0.5, 0.6) is 0 Å². The molecule has 1 atom stereocenters. The molecule has 0 bridgehead atoms. The van der Waals surface area contributed by atoms with Crippen molar-refractivity contribution in [3.63, 3.8) is 0 Å². The van der Waals surface area contributed by atoms with Crippen LogP contribution in [0.2, 0.25) is 0 Å². The average Bonchev–Trinajstić information content (AvgIpc) is 2.48. The Bertz CT molecular complexity index is 376. The van der Waals surface area contributed by atoms with E-state index >= 15 is 0 Å². The molecule has 0 aliphatic carbocycles. The van der Waals surface area contributed by atoms with Crippen LogP contribution in [-0.4, -0.2) is 18.5 Å². The molecule has 1 aromatic rings. The number of nitrogens with one attached hydrogen (secondary N) is 2. The molecule has 1 aliphatic heterocycles. The second kappa shape index (κ2) is 5.01. The summed E-state index contributed by atoms with van der Waals surface area (Å²) in [6.07, 6.45) is 3.10. The zero-order chi connectivity index (χ0) is 11.4. The van der Waals surface area contributed by atoms with Crippen LogP contribution in [0, 0.1) is 6.92 Å². The number of anilines is 1. The predicted octanol–water partition coefficient (Wildman–Crippen LogP) is 2.08. The molecule has 0 spiro atoms. The number of aryl methyl sites for hydroxylation is 1. The van der Waals surface area contributed by atoms with E-state index in [-0.39, 0.29) is 11.9 Å². The van der Waals surface area contributed by atoms with Crippen molar-refractivity contribution in [1.82, 2.24) is 5.32 Å². The Kier molecular flexibility index (Phi) is 3.44. The summed E-state index contributed by atoms with van der Waals surface area (Å²) in [4.78, 5) is 11.8. The molecular weight excluding hydrogens is 200 g/mol. The third kappa shape index (κ3) is 2.54. The zero-order valence-corrected chi connectivity index (χ0v) is 9.62. The number of amides is 1. The fourth-order valence-electron chi connectivity index (χ4n) is 2.00. The maximum atomic E-state index is 11.8. The summed E-state index contributed by atoms with van der Waals surface area (Å²) < 4.78 is 0. The van der Waals surface area contributed by atoms with Gasteiger partial charge in [-0.1, -0.05) is 18.2 Å². The molecule has 2 rings (SSSR count). The molecule has 1 saturated heterocycles. The van der Waals surface area contributed by atoms with Crippen molar-refractivity contribution in [2.24, 2.45) is 0 Å². The zero-order valence-electron chi connectivity index (χ0n) is 9.62. The number of para-hydroxylation sites is 1. The minimum absolute atomic E-state index is 0.0800. The van der Waals surface area contributed by atoms with Gasteiger partial charge in [-0.25, -0.2) is 0 Å². The third-order valence-corrected chi connectivity index (χ3v) is 3.01. The monoisotopic (exact) mass is 218 g/mol. The molecule has 2 N–H and O–H groups in total. The van der Waals surface area contributed by atoms with E-state index in [2.05, 4.69) is 23.6 Å². The van der Waals surface area contributed by atoms with Crippen LogP contribution in [0.3, 0.4) is 0 Å². The van der Waals surface area contributed by atoms with E-state index in [1.54, 1.807) is 0 Å². The predicted molar refractivity (Wildman–Crippen MR) is 65.5 cm³/mol. The number of hydrogen-bond acceptors (Lipinski definition) is 2. The first-order chi connectivity index (χ1) is 7.77. The van der Waals surface area contributed by atoms with E-state index < -0.39 is 0 Å². The molecule has 16 heavy (non-hydrogen) atoms. The number of benzene rings is 1. The van der Waals surface area contributed by atoms with Crippen LogP contribution in [0.1, 0.15) is 24.8 Å². The van der Waals surface area contributed by atoms with Gasteiger partial charge in [-0.15, -0.1) is 0 Å². The second-order valence-corrected chi connectivity index (χ2v) is 4.30. The smallest absolute Gasteiger partial charge is 0.242 e. The highest BCUT2D eigenvalue weighted by Gasteiger charge is 2.20. The van der Waals surface area contributed by atoms with Crippen LogP contribution in [0.15, 0.2) is 24.3 Å². The fourth-order valence-corrected chi connectivity index (χ4v) is 2.00. The van der Waals surface area contributed by atoms with E-state index in [0.717, 1.165) is 31.5 Å². The number of hydrogen-bond donors (Lipinski definition) is 2. The Hall–Kier alpha value is -1.51. The van der Waals surface area contributed by atoms with Crippen molar-refractivity contribution in [3.05, 3.63) is 29.8 Å². The summed E-state index contributed by atoms with van der Waals surface area (Å²) >= 11 is 0. The molecule has 1 heterocycles. The summed E-state index contributed by atoms with van der Waals surface area (Å²) in [7, 11) is 0. The lowest BCUT2D eigenvalue weighted by molar-refractivity contribution is -0.121. The van der Waals surface area contributed by atoms with Gasteiger partial charge in [-0.2, -0.15) is 0 Å². The summed E-state index contributed by atoms with van der Waals surface area (Å²) in [5, 5.41) is 6.26. The Morgan fingerprint density at radius 3 is 2.94 bits per heavy atom.